The van der Waals surface area contributed by atoms with Crippen molar-refractivity contribution in [2.75, 3.05) is 0 Å². The van der Waals surface area contributed by atoms with E-state index in [9.17, 15) is 0 Å². The smallest absolute Gasteiger partial charge is 0.0645 e. The van der Waals surface area contributed by atoms with Crippen molar-refractivity contribution in [2.45, 2.75) is 19.5 Å². The number of thiophene rings is 1. The van der Waals surface area contributed by atoms with Crippen LogP contribution >= 0.6 is 11.3 Å². The molecule has 4 aromatic rings. The van der Waals surface area contributed by atoms with Crippen LogP contribution in [-0.2, 0) is 6.54 Å². The van der Waals surface area contributed by atoms with Crippen LogP contribution in [0.3, 0.4) is 0 Å². The van der Waals surface area contributed by atoms with E-state index in [2.05, 4.69) is 71.3 Å². The third-order valence-corrected chi connectivity index (χ3v) is 5.28. The van der Waals surface area contributed by atoms with Crippen LogP contribution in [0.4, 0.5) is 0 Å². The Kier molecular flexibility index (Phi) is 4.15. The third kappa shape index (κ3) is 2.98. The van der Waals surface area contributed by atoms with Crippen LogP contribution in [0.25, 0.3) is 15.8 Å². The second-order valence-electron chi connectivity index (χ2n) is 5.91. The molecule has 0 bridgehead atoms. The van der Waals surface area contributed by atoms with E-state index in [1.54, 1.807) is 6.20 Å². The Morgan fingerprint density at radius 2 is 1.92 bits per heavy atom. The minimum atomic E-state index is 0.326. The van der Waals surface area contributed by atoms with E-state index in [1.165, 1.54) is 21.2 Å². The first-order chi connectivity index (χ1) is 11.8. The van der Waals surface area contributed by atoms with Gasteiger partial charge in [-0.05, 0) is 53.1 Å². The lowest BCUT2D eigenvalue weighted by molar-refractivity contribution is 0.579. The van der Waals surface area contributed by atoms with Gasteiger partial charge in [0.2, 0.25) is 0 Å². The van der Waals surface area contributed by atoms with Gasteiger partial charge in [0.15, 0.2) is 0 Å². The zero-order valence-electron chi connectivity index (χ0n) is 13.5. The Balaban J connectivity index is 1.44. The molecule has 4 heteroatoms. The van der Waals surface area contributed by atoms with Crippen LogP contribution in [0.5, 0.6) is 0 Å². The number of fused-ring (bicyclic) bond motifs is 1. The van der Waals surface area contributed by atoms with Gasteiger partial charge in [0, 0.05) is 29.7 Å². The van der Waals surface area contributed by atoms with Gasteiger partial charge in [-0.3, -0.25) is 0 Å². The molecule has 0 amide bonds. The van der Waals surface area contributed by atoms with Crippen molar-refractivity contribution in [1.82, 2.24) is 15.1 Å². The fourth-order valence-electron chi connectivity index (χ4n) is 2.90. The van der Waals surface area contributed by atoms with Crippen molar-refractivity contribution < 1.29 is 0 Å². The Hall–Kier alpha value is -2.43. The Morgan fingerprint density at radius 1 is 1.08 bits per heavy atom. The summed E-state index contributed by atoms with van der Waals surface area (Å²) in [6, 6.07) is 19.4. The molecule has 0 saturated heterocycles. The summed E-state index contributed by atoms with van der Waals surface area (Å²) in [6.07, 6.45) is 3.75. The van der Waals surface area contributed by atoms with Crippen molar-refractivity contribution in [3.8, 4) is 5.69 Å². The highest BCUT2D eigenvalue weighted by atomic mass is 32.1. The first kappa shape index (κ1) is 15.1. The molecule has 3 nitrogen and oxygen atoms in total. The van der Waals surface area contributed by atoms with E-state index >= 15 is 0 Å². The lowest BCUT2D eigenvalue weighted by Gasteiger charge is -2.14. The zero-order valence-corrected chi connectivity index (χ0v) is 14.3. The normalized spacial score (nSPS) is 12.5. The van der Waals surface area contributed by atoms with E-state index in [4.69, 9.17) is 0 Å². The number of benzene rings is 2. The van der Waals surface area contributed by atoms with Gasteiger partial charge in [-0.25, -0.2) is 4.68 Å². The molecule has 0 radical (unpaired) electrons. The number of aromatic nitrogens is 2. The molecule has 2 heterocycles. The summed E-state index contributed by atoms with van der Waals surface area (Å²) in [4.78, 5) is 0. The number of nitrogens with zero attached hydrogens (tertiary/aromatic N) is 2. The minimum Gasteiger partial charge on any atom is -0.306 e. The first-order valence-electron chi connectivity index (χ1n) is 8.10. The number of nitrogens with one attached hydrogen (secondary N) is 1. The molecule has 0 aliphatic rings. The van der Waals surface area contributed by atoms with Crippen LogP contribution in [0, 0.1) is 0 Å². The molecule has 0 aliphatic carbocycles. The Morgan fingerprint density at radius 3 is 2.71 bits per heavy atom. The predicted octanol–water partition coefficient (Wildman–Crippen LogP) is 4.94. The molecule has 1 atom stereocenters. The molecular weight excluding hydrogens is 314 g/mol. The van der Waals surface area contributed by atoms with Gasteiger partial charge in [-0.2, -0.15) is 5.10 Å². The van der Waals surface area contributed by atoms with Crippen LogP contribution in [0.15, 0.2) is 72.4 Å². The monoisotopic (exact) mass is 333 g/mol. The van der Waals surface area contributed by atoms with Crippen LogP contribution in [0.2, 0.25) is 0 Å². The maximum absolute atomic E-state index is 4.26. The van der Waals surface area contributed by atoms with E-state index in [0.717, 1.165) is 12.2 Å². The number of hydrogen-bond acceptors (Lipinski definition) is 3. The minimum absolute atomic E-state index is 0.326. The van der Waals surface area contributed by atoms with Gasteiger partial charge in [0.25, 0.3) is 0 Å². The molecule has 120 valence electrons. The van der Waals surface area contributed by atoms with Crippen molar-refractivity contribution in [3.63, 3.8) is 0 Å². The highest BCUT2D eigenvalue weighted by Crippen LogP contribution is 2.30. The molecule has 0 spiro atoms. The predicted molar refractivity (Wildman–Crippen MR) is 101 cm³/mol. The molecule has 24 heavy (non-hydrogen) atoms. The van der Waals surface area contributed by atoms with Crippen molar-refractivity contribution >= 4 is 21.4 Å². The van der Waals surface area contributed by atoms with Gasteiger partial charge >= 0.3 is 0 Å². The molecule has 0 fully saturated rings. The summed E-state index contributed by atoms with van der Waals surface area (Å²) in [5, 5.41) is 11.5. The SMILES string of the molecule is CC(NCc1ccc(-n2cccn2)cc1)c1csc2ccccc12. The third-order valence-electron chi connectivity index (χ3n) is 4.30. The first-order valence-corrected chi connectivity index (χ1v) is 8.98. The molecular formula is C20H19N3S. The second kappa shape index (κ2) is 6.59. The zero-order chi connectivity index (χ0) is 16.4. The second-order valence-corrected chi connectivity index (χ2v) is 6.82. The highest BCUT2D eigenvalue weighted by molar-refractivity contribution is 7.17. The molecule has 0 saturated carbocycles. The summed E-state index contributed by atoms with van der Waals surface area (Å²) < 4.78 is 3.22. The van der Waals surface area contributed by atoms with Crippen molar-refractivity contribution in [2.24, 2.45) is 0 Å². The number of hydrogen-bond donors (Lipinski definition) is 1. The summed E-state index contributed by atoms with van der Waals surface area (Å²) in [5.41, 5.74) is 3.74. The summed E-state index contributed by atoms with van der Waals surface area (Å²) in [6.45, 7) is 3.08. The lowest BCUT2D eigenvalue weighted by atomic mass is 10.1. The topological polar surface area (TPSA) is 29.9 Å². The quantitative estimate of drug-likeness (QED) is 0.561. The van der Waals surface area contributed by atoms with Gasteiger partial charge < -0.3 is 5.32 Å². The lowest BCUT2D eigenvalue weighted by Crippen LogP contribution is -2.17. The maximum Gasteiger partial charge on any atom is 0.0645 e. The van der Waals surface area contributed by atoms with Crippen LogP contribution in [0.1, 0.15) is 24.1 Å². The standard InChI is InChI=1S/C20H19N3S/c1-15(19-14-24-20-6-3-2-5-18(19)20)21-13-16-7-9-17(10-8-16)23-12-4-11-22-23/h2-12,14-15,21H,13H2,1H3. The average Bonchev–Trinajstić information content (AvgIpc) is 3.30. The molecule has 0 aliphatic heterocycles. The fraction of sp³-hybridized carbons (Fsp3) is 0.150. The highest BCUT2D eigenvalue weighted by Gasteiger charge is 2.10. The van der Waals surface area contributed by atoms with E-state index in [1.807, 2.05) is 28.3 Å². The van der Waals surface area contributed by atoms with Gasteiger partial charge in [0.05, 0.1) is 5.69 Å². The van der Waals surface area contributed by atoms with Gasteiger partial charge in [-0.15, -0.1) is 11.3 Å². The van der Waals surface area contributed by atoms with E-state index in [-0.39, 0.29) is 0 Å². The summed E-state index contributed by atoms with van der Waals surface area (Å²) >= 11 is 1.81. The van der Waals surface area contributed by atoms with E-state index in [0.29, 0.717) is 6.04 Å². The summed E-state index contributed by atoms with van der Waals surface area (Å²) in [5.74, 6) is 0. The van der Waals surface area contributed by atoms with Crippen molar-refractivity contribution in [1.29, 1.82) is 0 Å². The molecule has 2 aromatic carbocycles. The summed E-state index contributed by atoms with van der Waals surface area (Å²) in [7, 11) is 0. The largest absolute Gasteiger partial charge is 0.306 e. The van der Waals surface area contributed by atoms with Crippen molar-refractivity contribution in [3.05, 3.63) is 83.5 Å². The Bertz CT molecular complexity index is 923. The molecule has 4 rings (SSSR count). The Labute approximate surface area is 145 Å². The van der Waals surface area contributed by atoms with Gasteiger partial charge in [0.1, 0.15) is 0 Å². The molecule has 2 aromatic heterocycles. The number of rotatable bonds is 5. The average molecular weight is 333 g/mol. The fourth-order valence-corrected chi connectivity index (χ4v) is 3.96. The van der Waals surface area contributed by atoms with Crippen LogP contribution < -0.4 is 5.32 Å². The van der Waals surface area contributed by atoms with E-state index < -0.39 is 0 Å². The maximum atomic E-state index is 4.26. The van der Waals surface area contributed by atoms with Gasteiger partial charge in [-0.1, -0.05) is 30.3 Å². The molecule has 1 unspecified atom stereocenters. The van der Waals surface area contributed by atoms with Crippen LogP contribution in [-0.4, -0.2) is 9.78 Å². The molecule has 1 N–H and O–H groups in total.